The van der Waals surface area contributed by atoms with Crippen LogP contribution in [-0.2, 0) is 0 Å². The Labute approximate surface area is 101 Å². The molecule has 18 heavy (non-hydrogen) atoms. The summed E-state index contributed by atoms with van der Waals surface area (Å²) in [7, 11) is 0. The van der Waals surface area contributed by atoms with Crippen LogP contribution < -0.4 is 11.1 Å². The van der Waals surface area contributed by atoms with Gasteiger partial charge in [0.1, 0.15) is 5.52 Å². The van der Waals surface area contributed by atoms with Gasteiger partial charge in [0.25, 0.3) is 5.69 Å². The Bertz CT molecular complexity index is 907. The van der Waals surface area contributed by atoms with Crippen LogP contribution in [0.3, 0.4) is 0 Å². The average Bonchev–Trinajstić information content (AvgIpc) is 2.79. The summed E-state index contributed by atoms with van der Waals surface area (Å²) in [6.07, 6.45) is 0. The van der Waals surface area contributed by atoms with Crippen LogP contribution in [-0.4, -0.2) is 23.6 Å². The summed E-state index contributed by atoms with van der Waals surface area (Å²) in [5, 5.41) is 10.9. The van der Waals surface area contributed by atoms with Gasteiger partial charge in [0, 0.05) is 6.07 Å². The molecule has 0 radical (unpaired) electrons. The lowest BCUT2D eigenvalue weighted by atomic mass is 10.2. The maximum absolute atomic E-state index is 11.2. The van der Waals surface area contributed by atoms with E-state index in [0.29, 0.717) is 0 Å². The first-order chi connectivity index (χ1) is 8.58. The van der Waals surface area contributed by atoms with Gasteiger partial charge in [0.15, 0.2) is 5.52 Å². The highest BCUT2D eigenvalue weighted by atomic mass is 32.1. The third-order valence-electron chi connectivity index (χ3n) is 2.41. The number of non-ortho nitro benzene ring substituents is 1. The summed E-state index contributed by atoms with van der Waals surface area (Å²) in [5.41, 5.74) is -1.34. The largest absolute Gasteiger partial charge is 0.316 e. The molecule has 0 aliphatic heterocycles. The Morgan fingerprint density at radius 3 is 2.56 bits per heavy atom. The van der Waals surface area contributed by atoms with Crippen LogP contribution in [0.2, 0.25) is 0 Å². The molecule has 0 unspecified atom stereocenters. The molecular weight excluding hydrogens is 262 g/mol. The molecule has 0 saturated heterocycles. The van der Waals surface area contributed by atoms with Crippen molar-refractivity contribution in [1.29, 1.82) is 0 Å². The summed E-state index contributed by atoms with van der Waals surface area (Å²) >= 11 is 0.791. The maximum Gasteiger partial charge on any atom is 0.314 e. The Morgan fingerprint density at radius 2 is 1.83 bits per heavy atom. The van der Waals surface area contributed by atoms with Crippen molar-refractivity contribution in [3.05, 3.63) is 36.9 Å². The predicted molar refractivity (Wildman–Crippen MR) is 62.8 cm³/mol. The number of nitrogens with one attached hydrogen (secondary N) is 2. The van der Waals surface area contributed by atoms with Gasteiger partial charge in [0.2, 0.25) is 0 Å². The fourth-order valence-electron chi connectivity index (χ4n) is 1.64. The number of benzene rings is 1. The molecule has 0 saturated carbocycles. The molecule has 0 atom stereocenters. The molecule has 10 heteroatoms. The maximum atomic E-state index is 11.2. The van der Waals surface area contributed by atoms with Crippen LogP contribution in [0.4, 0.5) is 5.69 Å². The zero-order valence-electron chi connectivity index (χ0n) is 8.46. The van der Waals surface area contributed by atoms with Crippen LogP contribution in [0.5, 0.6) is 0 Å². The van der Waals surface area contributed by atoms with Crippen LogP contribution in [0, 0.1) is 10.1 Å². The molecule has 0 fully saturated rings. The number of nitrogens with zero attached hydrogens (tertiary/aromatic N) is 3. The van der Waals surface area contributed by atoms with Crippen molar-refractivity contribution in [3.63, 3.8) is 0 Å². The van der Waals surface area contributed by atoms with E-state index in [2.05, 4.69) is 18.7 Å². The van der Waals surface area contributed by atoms with E-state index < -0.39 is 16.0 Å². The molecule has 0 aliphatic carbocycles. The van der Waals surface area contributed by atoms with Crippen LogP contribution in [0.1, 0.15) is 0 Å². The number of nitro groups is 1. The molecule has 0 bridgehead atoms. The molecule has 3 aromatic rings. The molecule has 90 valence electrons. The molecule has 2 heterocycles. The van der Waals surface area contributed by atoms with Gasteiger partial charge in [-0.25, -0.2) is 0 Å². The Morgan fingerprint density at radius 1 is 1.17 bits per heavy atom. The lowest BCUT2D eigenvalue weighted by Gasteiger charge is -1.98. The van der Waals surface area contributed by atoms with E-state index in [9.17, 15) is 19.7 Å². The van der Waals surface area contributed by atoms with Crippen LogP contribution in [0.25, 0.3) is 22.1 Å². The Hall–Kier alpha value is -2.62. The summed E-state index contributed by atoms with van der Waals surface area (Å²) in [6, 6.07) is 1.15. The highest BCUT2D eigenvalue weighted by Crippen LogP contribution is 2.28. The van der Waals surface area contributed by atoms with E-state index in [1.807, 2.05) is 0 Å². The van der Waals surface area contributed by atoms with E-state index in [4.69, 9.17) is 0 Å². The van der Waals surface area contributed by atoms with Gasteiger partial charge in [-0.05, 0) is 0 Å². The van der Waals surface area contributed by atoms with E-state index in [1.165, 1.54) is 0 Å². The van der Waals surface area contributed by atoms with Crippen molar-refractivity contribution in [2.75, 3.05) is 0 Å². The van der Waals surface area contributed by atoms with Crippen molar-refractivity contribution in [1.82, 2.24) is 18.7 Å². The van der Waals surface area contributed by atoms with Crippen LogP contribution in [0.15, 0.2) is 15.7 Å². The topological polar surface area (TPSA) is 135 Å². The second-order valence-corrected chi connectivity index (χ2v) is 3.97. The molecule has 9 nitrogen and oxygen atoms in total. The summed E-state index contributed by atoms with van der Waals surface area (Å²) in [6.45, 7) is 0. The van der Waals surface area contributed by atoms with Crippen molar-refractivity contribution >= 4 is 39.5 Å². The second kappa shape index (κ2) is 3.43. The minimum atomic E-state index is -0.876. The van der Waals surface area contributed by atoms with Gasteiger partial charge in [-0.15, -0.1) is 0 Å². The first kappa shape index (κ1) is 10.5. The highest BCUT2D eigenvalue weighted by Gasteiger charge is 2.20. The number of nitro benzene ring substituents is 1. The second-order valence-electron chi connectivity index (χ2n) is 3.45. The number of H-pyrrole nitrogens is 2. The van der Waals surface area contributed by atoms with Crippen molar-refractivity contribution in [3.8, 4) is 0 Å². The monoisotopic (exact) mass is 265 g/mol. The average molecular weight is 265 g/mol. The highest BCUT2D eigenvalue weighted by molar-refractivity contribution is 7.00. The lowest BCUT2D eigenvalue weighted by Crippen LogP contribution is -2.29. The molecule has 2 aromatic heterocycles. The smallest absolute Gasteiger partial charge is 0.314 e. The quantitative estimate of drug-likeness (QED) is 0.364. The van der Waals surface area contributed by atoms with Gasteiger partial charge in [-0.3, -0.25) is 19.7 Å². The molecule has 3 rings (SSSR count). The standard InChI is InChI=1S/C8H3N5O4S/c14-7-8(15)10-4-2(9-7)1-3(13(16)17)5-6(4)12-18-11-5/h1H,(H,9,14)(H,10,15). The first-order valence-electron chi connectivity index (χ1n) is 4.64. The Kier molecular flexibility index (Phi) is 2.01. The zero-order valence-corrected chi connectivity index (χ0v) is 9.28. The van der Waals surface area contributed by atoms with Crippen molar-refractivity contribution in [2.24, 2.45) is 0 Å². The molecule has 2 N–H and O–H groups in total. The van der Waals surface area contributed by atoms with Gasteiger partial charge in [-0.1, -0.05) is 0 Å². The molecule has 0 spiro atoms. The van der Waals surface area contributed by atoms with Gasteiger partial charge in [0.05, 0.1) is 27.7 Å². The lowest BCUT2D eigenvalue weighted by molar-refractivity contribution is -0.383. The third kappa shape index (κ3) is 1.32. The number of hydrogen-bond acceptors (Lipinski definition) is 7. The third-order valence-corrected chi connectivity index (χ3v) is 2.94. The number of rotatable bonds is 1. The van der Waals surface area contributed by atoms with Crippen molar-refractivity contribution < 1.29 is 4.92 Å². The molecule has 0 amide bonds. The minimum absolute atomic E-state index is 0.0835. The van der Waals surface area contributed by atoms with E-state index in [1.54, 1.807) is 0 Å². The fraction of sp³-hybridized carbons (Fsp3) is 0. The normalized spacial score (nSPS) is 11.1. The van der Waals surface area contributed by atoms with E-state index in [0.717, 1.165) is 17.8 Å². The number of aromatic amines is 2. The van der Waals surface area contributed by atoms with E-state index >= 15 is 0 Å². The van der Waals surface area contributed by atoms with Gasteiger partial charge in [-0.2, -0.15) is 8.75 Å². The minimum Gasteiger partial charge on any atom is -0.316 e. The van der Waals surface area contributed by atoms with Crippen LogP contribution >= 0.6 is 11.7 Å². The molecule has 0 aliphatic rings. The summed E-state index contributed by atoms with van der Waals surface area (Å²) in [5.74, 6) is 0. The van der Waals surface area contributed by atoms with Gasteiger partial charge < -0.3 is 9.97 Å². The predicted octanol–water partition coefficient (Wildman–Crippen LogP) is 0.129. The first-order valence-corrected chi connectivity index (χ1v) is 5.37. The Balaban J connectivity index is 2.64. The summed E-state index contributed by atoms with van der Waals surface area (Å²) < 4.78 is 7.71. The number of fused-ring (bicyclic) bond motifs is 3. The fourth-order valence-corrected chi connectivity index (χ4v) is 2.20. The van der Waals surface area contributed by atoms with E-state index in [-0.39, 0.29) is 27.8 Å². The molecular formula is C8H3N5O4S. The SMILES string of the molecule is O=c1[nH]c2cc([N+](=O)[O-])c3nsnc3c2[nH]c1=O. The van der Waals surface area contributed by atoms with Gasteiger partial charge >= 0.3 is 11.1 Å². The number of hydrogen-bond donors (Lipinski definition) is 2. The van der Waals surface area contributed by atoms with Crippen molar-refractivity contribution in [2.45, 2.75) is 0 Å². The number of aromatic nitrogens is 4. The summed E-state index contributed by atoms with van der Waals surface area (Å²) in [4.78, 5) is 37.3. The molecule has 1 aromatic carbocycles. The zero-order chi connectivity index (χ0) is 12.9.